The van der Waals surface area contributed by atoms with Crippen LogP contribution in [0.1, 0.15) is 52.4 Å². The summed E-state index contributed by atoms with van der Waals surface area (Å²) in [6.07, 6.45) is 6.59. The molecule has 0 amide bonds. The third-order valence-corrected chi connectivity index (χ3v) is 3.01. The largest absolute Gasteiger partial charge is 0.465 e. The number of hydrogen-bond donors (Lipinski definition) is 1. The second-order valence-corrected chi connectivity index (χ2v) is 5.06. The predicted molar refractivity (Wildman–Crippen MR) is 65.3 cm³/mol. The van der Waals surface area contributed by atoms with E-state index in [0.29, 0.717) is 12.5 Å². The summed E-state index contributed by atoms with van der Waals surface area (Å²) in [7, 11) is 0. The number of carbonyl (C=O) groups excluding carboxylic acids is 1. The maximum absolute atomic E-state index is 11.7. The zero-order valence-electron chi connectivity index (χ0n) is 10.6. The van der Waals surface area contributed by atoms with E-state index in [2.05, 4.69) is 19.2 Å². The van der Waals surface area contributed by atoms with E-state index in [4.69, 9.17) is 4.74 Å². The molecule has 3 nitrogen and oxygen atoms in total. The molecular formula is C13H25NO2. The average molecular weight is 227 g/mol. The Labute approximate surface area is 98.9 Å². The third-order valence-electron chi connectivity index (χ3n) is 3.01. The van der Waals surface area contributed by atoms with E-state index in [9.17, 15) is 4.79 Å². The van der Waals surface area contributed by atoms with Crippen LogP contribution in [-0.4, -0.2) is 25.2 Å². The summed E-state index contributed by atoms with van der Waals surface area (Å²) in [5, 5.41) is 3.26. The summed E-state index contributed by atoms with van der Waals surface area (Å²) in [6.45, 7) is 5.91. The highest BCUT2D eigenvalue weighted by Crippen LogP contribution is 2.10. The van der Waals surface area contributed by atoms with Crippen molar-refractivity contribution < 1.29 is 9.53 Å². The molecule has 1 saturated heterocycles. The van der Waals surface area contributed by atoms with Gasteiger partial charge in [0.2, 0.25) is 0 Å². The van der Waals surface area contributed by atoms with Crippen LogP contribution in [0.4, 0.5) is 0 Å². The van der Waals surface area contributed by atoms with Crippen LogP contribution in [0, 0.1) is 5.92 Å². The maximum atomic E-state index is 11.7. The molecule has 1 heterocycles. The summed E-state index contributed by atoms with van der Waals surface area (Å²) in [5.41, 5.74) is 0. The van der Waals surface area contributed by atoms with Crippen molar-refractivity contribution >= 4 is 5.97 Å². The molecule has 0 aromatic heterocycles. The van der Waals surface area contributed by atoms with E-state index in [-0.39, 0.29) is 12.0 Å². The molecule has 1 rings (SSSR count). The summed E-state index contributed by atoms with van der Waals surface area (Å²) < 4.78 is 5.29. The van der Waals surface area contributed by atoms with E-state index < -0.39 is 0 Å². The molecule has 0 radical (unpaired) electrons. The average Bonchev–Trinajstić information content (AvgIpc) is 2.52. The van der Waals surface area contributed by atoms with Gasteiger partial charge >= 0.3 is 5.97 Å². The van der Waals surface area contributed by atoms with Crippen LogP contribution in [0.15, 0.2) is 0 Å². The minimum atomic E-state index is -0.0541. The molecule has 1 aliphatic rings. The van der Waals surface area contributed by atoms with Crippen molar-refractivity contribution in [3.63, 3.8) is 0 Å². The molecule has 0 bridgehead atoms. The molecular weight excluding hydrogens is 202 g/mol. The van der Waals surface area contributed by atoms with Crippen LogP contribution in [0.25, 0.3) is 0 Å². The molecule has 0 aromatic rings. The fourth-order valence-corrected chi connectivity index (χ4v) is 1.99. The van der Waals surface area contributed by atoms with Gasteiger partial charge < -0.3 is 10.1 Å². The van der Waals surface area contributed by atoms with Crippen molar-refractivity contribution in [2.45, 2.75) is 58.4 Å². The van der Waals surface area contributed by atoms with Gasteiger partial charge in [0.05, 0.1) is 6.61 Å². The molecule has 0 aromatic carbocycles. The number of nitrogens with one attached hydrogen (secondary N) is 1. The van der Waals surface area contributed by atoms with E-state index >= 15 is 0 Å². The molecule has 94 valence electrons. The maximum Gasteiger partial charge on any atom is 0.323 e. The van der Waals surface area contributed by atoms with Gasteiger partial charge in [-0.1, -0.05) is 26.7 Å². The first-order valence-electron chi connectivity index (χ1n) is 6.60. The summed E-state index contributed by atoms with van der Waals surface area (Å²) in [5.74, 6) is 0.639. The lowest BCUT2D eigenvalue weighted by Gasteiger charge is -2.14. The Kier molecular flexibility index (Phi) is 6.46. The number of ether oxygens (including phenoxy) is 1. The second-order valence-electron chi connectivity index (χ2n) is 5.06. The molecule has 1 N–H and O–H groups in total. The topological polar surface area (TPSA) is 38.3 Å². The van der Waals surface area contributed by atoms with Crippen molar-refractivity contribution in [1.29, 1.82) is 0 Å². The van der Waals surface area contributed by atoms with Gasteiger partial charge in [0, 0.05) is 0 Å². The fraction of sp³-hybridized carbons (Fsp3) is 0.923. The fourth-order valence-electron chi connectivity index (χ4n) is 1.99. The molecule has 1 fully saturated rings. The Morgan fingerprint density at radius 3 is 2.94 bits per heavy atom. The zero-order chi connectivity index (χ0) is 11.8. The Hall–Kier alpha value is -0.570. The van der Waals surface area contributed by atoms with Crippen LogP contribution in [0.2, 0.25) is 0 Å². The van der Waals surface area contributed by atoms with Crippen LogP contribution < -0.4 is 5.32 Å². The van der Waals surface area contributed by atoms with Gasteiger partial charge in [0.15, 0.2) is 0 Å². The van der Waals surface area contributed by atoms with Gasteiger partial charge in [-0.05, 0) is 38.1 Å². The van der Waals surface area contributed by atoms with Gasteiger partial charge in [-0.3, -0.25) is 4.79 Å². The molecule has 16 heavy (non-hydrogen) atoms. The van der Waals surface area contributed by atoms with E-state index in [0.717, 1.165) is 32.2 Å². The predicted octanol–water partition coefficient (Wildman–Crippen LogP) is 2.50. The minimum absolute atomic E-state index is 0.0503. The summed E-state index contributed by atoms with van der Waals surface area (Å²) in [4.78, 5) is 11.7. The Bertz CT molecular complexity index is 196. The first-order chi connectivity index (χ1) is 7.70. The van der Waals surface area contributed by atoms with Crippen LogP contribution in [-0.2, 0) is 9.53 Å². The Morgan fingerprint density at radius 2 is 2.19 bits per heavy atom. The highest BCUT2D eigenvalue weighted by Gasteiger charge is 2.20. The highest BCUT2D eigenvalue weighted by molar-refractivity contribution is 5.75. The van der Waals surface area contributed by atoms with Crippen molar-refractivity contribution in [2.75, 3.05) is 13.2 Å². The second kappa shape index (κ2) is 7.66. The summed E-state index contributed by atoms with van der Waals surface area (Å²) in [6, 6.07) is -0.0541. The van der Waals surface area contributed by atoms with E-state index in [1.54, 1.807) is 0 Å². The van der Waals surface area contributed by atoms with Gasteiger partial charge in [-0.25, -0.2) is 0 Å². The SMILES string of the molecule is CC(C)CCCOC(=O)C1CCCCCN1. The van der Waals surface area contributed by atoms with Gasteiger partial charge in [0.25, 0.3) is 0 Å². The van der Waals surface area contributed by atoms with Crippen molar-refractivity contribution in [2.24, 2.45) is 5.92 Å². The standard InChI is InChI=1S/C13H25NO2/c1-11(2)7-6-10-16-13(15)12-8-4-3-5-9-14-12/h11-12,14H,3-10H2,1-2H3. The molecule has 3 heteroatoms. The van der Waals surface area contributed by atoms with Crippen molar-refractivity contribution in [3.8, 4) is 0 Å². The first-order valence-corrected chi connectivity index (χ1v) is 6.60. The van der Waals surface area contributed by atoms with Crippen LogP contribution >= 0.6 is 0 Å². The molecule has 0 aliphatic carbocycles. The lowest BCUT2D eigenvalue weighted by Crippen LogP contribution is -2.37. The third kappa shape index (κ3) is 5.50. The van der Waals surface area contributed by atoms with Gasteiger partial charge in [-0.2, -0.15) is 0 Å². The molecule has 1 unspecified atom stereocenters. The van der Waals surface area contributed by atoms with Gasteiger partial charge in [-0.15, -0.1) is 0 Å². The normalized spacial score (nSPS) is 21.8. The number of rotatable bonds is 5. The summed E-state index contributed by atoms with van der Waals surface area (Å²) >= 11 is 0. The number of carbonyl (C=O) groups is 1. The zero-order valence-corrected chi connectivity index (χ0v) is 10.6. The van der Waals surface area contributed by atoms with E-state index in [1.165, 1.54) is 12.8 Å². The van der Waals surface area contributed by atoms with Crippen LogP contribution in [0.3, 0.4) is 0 Å². The van der Waals surface area contributed by atoms with E-state index in [1.807, 2.05) is 0 Å². The molecule has 1 aliphatic heterocycles. The Balaban J connectivity index is 2.13. The monoisotopic (exact) mass is 227 g/mol. The lowest BCUT2D eigenvalue weighted by molar-refractivity contribution is -0.146. The number of hydrogen-bond acceptors (Lipinski definition) is 3. The minimum Gasteiger partial charge on any atom is -0.465 e. The molecule has 0 saturated carbocycles. The van der Waals surface area contributed by atoms with Crippen molar-refractivity contribution in [1.82, 2.24) is 5.32 Å². The van der Waals surface area contributed by atoms with Gasteiger partial charge in [0.1, 0.15) is 6.04 Å². The quantitative estimate of drug-likeness (QED) is 0.579. The van der Waals surface area contributed by atoms with Crippen molar-refractivity contribution in [3.05, 3.63) is 0 Å². The van der Waals surface area contributed by atoms with Crippen LogP contribution in [0.5, 0.6) is 0 Å². The number of esters is 1. The smallest absolute Gasteiger partial charge is 0.323 e. The first kappa shape index (κ1) is 13.5. The lowest BCUT2D eigenvalue weighted by atomic mass is 10.1. The Morgan fingerprint density at radius 1 is 1.38 bits per heavy atom. The molecule has 0 spiro atoms. The molecule has 1 atom stereocenters. The highest BCUT2D eigenvalue weighted by atomic mass is 16.5.